The highest BCUT2D eigenvalue weighted by Crippen LogP contribution is 2.64. The van der Waals surface area contributed by atoms with Gasteiger partial charge in [-0.25, -0.2) is 4.79 Å². The van der Waals surface area contributed by atoms with E-state index in [1.165, 1.54) is 32.9 Å². The Morgan fingerprint density at radius 1 is 0.976 bits per heavy atom. The zero-order valence-electron chi connectivity index (χ0n) is 24.6. The predicted molar refractivity (Wildman–Crippen MR) is 145 cm³/mol. The Kier molecular flexibility index (Phi) is 7.20. The van der Waals surface area contributed by atoms with Crippen molar-refractivity contribution in [1.29, 1.82) is 0 Å². The number of hydrogen-bond acceptors (Lipinski definition) is 11. The zero-order chi connectivity index (χ0) is 31.0. The molecule has 0 spiro atoms. The van der Waals surface area contributed by atoms with Crippen LogP contribution in [0.15, 0.2) is 41.5 Å². The van der Waals surface area contributed by atoms with E-state index in [9.17, 15) is 34.5 Å². The lowest BCUT2D eigenvalue weighted by Crippen LogP contribution is -2.82. The van der Waals surface area contributed by atoms with Gasteiger partial charge in [0.05, 0.1) is 35.7 Å². The number of esters is 3. The largest absolute Gasteiger partial charge is 0.454 e. The van der Waals surface area contributed by atoms with Crippen LogP contribution in [0.2, 0.25) is 0 Å². The second kappa shape index (κ2) is 9.97. The number of Topliss-reactive ketones (excluding diaryl/α,β-unsaturated/α-hetero) is 1. The second-order valence-corrected chi connectivity index (χ2v) is 12.7. The van der Waals surface area contributed by atoms with Crippen molar-refractivity contribution in [3.05, 3.63) is 47.0 Å². The standard InChI is InChI=1S/C31H38O11/c1-15-19(34)13-31(42-17(3)33)26(40-27(38)18-10-8-7-9-11-18)24-29(6,25(37)23(36)22(15)28(31,4)5)20(35)12-21-30(24,14-39-21)41-16(2)32/h7-11,19-21,23-24,26,34-36H,12-14H2,1-6H3/t19?,20?,21?,23?,24-,26?,29+,30-,31+/m0/s1. The molecule has 1 aliphatic heterocycles. The average Bonchev–Trinajstić information content (AvgIpc) is 2.90. The average molecular weight is 587 g/mol. The topological polar surface area (TPSA) is 166 Å². The van der Waals surface area contributed by atoms with Crippen LogP contribution in [-0.2, 0) is 33.3 Å². The van der Waals surface area contributed by atoms with Crippen LogP contribution in [0.4, 0.5) is 0 Å². The van der Waals surface area contributed by atoms with Gasteiger partial charge in [0, 0.05) is 32.1 Å². The first-order valence-electron chi connectivity index (χ1n) is 14.1. The third-order valence-electron chi connectivity index (χ3n) is 10.2. The highest BCUT2D eigenvalue weighted by atomic mass is 16.6. The Morgan fingerprint density at radius 2 is 1.60 bits per heavy atom. The number of fused-ring (bicyclic) bond motifs is 5. The maximum atomic E-state index is 14.5. The van der Waals surface area contributed by atoms with Crippen LogP contribution < -0.4 is 0 Å². The van der Waals surface area contributed by atoms with Crippen LogP contribution in [-0.4, -0.2) is 87.3 Å². The molecule has 0 radical (unpaired) electrons. The molecule has 42 heavy (non-hydrogen) atoms. The summed E-state index contributed by atoms with van der Waals surface area (Å²) in [6.07, 6.45) is -7.40. The molecule has 5 unspecified atom stereocenters. The summed E-state index contributed by atoms with van der Waals surface area (Å²) < 4.78 is 24.2. The maximum Gasteiger partial charge on any atom is 0.338 e. The summed E-state index contributed by atoms with van der Waals surface area (Å²) in [6, 6.07) is 8.05. The first kappa shape index (κ1) is 30.3. The summed E-state index contributed by atoms with van der Waals surface area (Å²) in [5, 5.41) is 34.7. The molecule has 3 aliphatic carbocycles. The van der Waals surface area contributed by atoms with Crippen LogP contribution >= 0.6 is 0 Å². The van der Waals surface area contributed by atoms with Crippen molar-refractivity contribution in [2.75, 3.05) is 6.61 Å². The Balaban J connectivity index is 1.88. The van der Waals surface area contributed by atoms with E-state index in [1.807, 2.05) is 0 Å². The molecule has 1 heterocycles. The number of benzene rings is 1. The van der Waals surface area contributed by atoms with Crippen molar-refractivity contribution < 1.29 is 53.4 Å². The van der Waals surface area contributed by atoms with Gasteiger partial charge in [-0.3, -0.25) is 14.4 Å². The molecule has 3 N–H and O–H groups in total. The minimum atomic E-state index is -1.89. The second-order valence-electron chi connectivity index (χ2n) is 12.7. The third-order valence-corrected chi connectivity index (χ3v) is 10.2. The van der Waals surface area contributed by atoms with Crippen molar-refractivity contribution in [2.24, 2.45) is 16.7 Å². The Bertz CT molecular complexity index is 1350. The van der Waals surface area contributed by atoms with Gasteiger partial charge in [-0.1, -0.05) is 32.0 Å². The van der Waals surface area contributed by atoms with Gasteiger partial charge in [-0.2, -0.15) is 0 Å². The molecule has 11 heteroatoms. The molecule has 9 atom stereocenters. The quantitative estimate of drug-likeness (QED) is 0.267. The fourth-order valence-electron chi connectivity index (χ4n) is 8.12. The number of hydrogen-bond donors (Lipinski definition) is 3. The van der Waals surface area contributed by atoms with Crippen LogP contribution in [0.25, 0.3) is 0 Å². The number of aliphatic hydroxyl groups is 3. The van der Waals surface area contributed by atoms with E-state index in [0.717, 1.165) is 0 Å². The monoisotopic (exact) mass is 586 g/mol. The lowest BCUT2D eigenvalue weighted by atomic mass is 9.44. The first-order valence-corrected chi connectivity index (χ1v) is 14.1. The SMILES string of the molecule is CC(=O)O[C@@]12COC1CC(O)[C@@]1(C)C(=O)C(O)C3=C(C)C(O)C[C@@](OC(C)=O)(C(OC(=O)c4ccccc4)[C@H]21)C3(C)C. The molecule has 1 saturated heterocycles. The first-order chi connectivity index (χ1) is 19.5. The molecule has 0 amide bonds. The number of ether oxygens (including phenoxy) is 4. The molecule has 2 saturated carbocycles. The zero-order valence-corrected chi connectivity index (χ0v) is 24.6. The van der Waals surface area contributed by atoms with E-state index in [1.54, 1.807) is 39.0 Å². The molecular weight excluding hydrogens is 548 g/mol. The van der Waals surface area contributed by atoms with Gasteiger partial charge in [-0.15, -0.1) is 0 Å². The van der Waals surface area contributed by atoms with Gasteiger partial charge >= 0.3 is 17.9 Å². The number of rotatable bonds is 4. The Labute approximate surface area is 243 Å². The Morgan fingerprint density at radius 3 is 2.14 bits per heavy atom. The van der Waals surface area contributed by atoms with Crippen molar-refractivity contribution in [2.45, 2.75) is 96.1 Å². The van der Waals surface area contributed by atoms with Crippen LogP contribution in [0.3, 0.4) is 0 Å². The molecular formula is C31H38O11. The van der Waals surface area contributed by atoms with Gasteiger partial charge in [-0.05, 0) is 37.1 Å². The molecule has 1 aromatic rings. The van der Waals surface area contributed by atoms with Gasteiger partial charge in [0.25, 0.3) is 0 Å². The van der Waals surface area contributed by atoms with Crippen molar-refractivity contribution in [1.82, 2.24) is 0 Å². The summed E-state index contributed by atoms with van der Waals surface area (Å²) in [7, 11) is 0. The molecule has 0 aromatic heterocycles. The van der Waals surface area contributed by atoms with Crippen molar-refractivity contribution >= 4 is 23.7 Å². The molecule has 1 aromatic carbocycles. The van der Waals surface area contributed by atoms with Crippen LogP contribution in [0, 0.1) is 16.7 Å². The number of ketones is 1. The summed E-state index contributed by atoms with van der Waals surface area (Å²) >= 11 is 0. The number of aliphatic hydroxyl groups excluding tert-OH is 3. The van der Waals surface area contributed by atoms with E-state index in [2.05, 4.69) is 0 Å². The van der Waals surface area contributed by atoms with E-state index in [0.29, 0.717) is 5.57 Å². The fraction of sp³-hybridized carbons (Fsp3) is 0.613. The number of carbonyl (C=O) groups excluding carboxylic acids is 4. The van der Waals surface area contributed by atoms with Gasteiger partial charge in [0.1, 0.15) is 12.2 Å². The highest BCUT2D eigenvalue weighted by molar-refractivity contribution is 5.94. The normalized spacial score (nSPS) is 40.4. The van der Waals surface area contributed by atoms with Crippen LogP contribution in [0.1, 0.15) is 64.7 Å². The van der Waals surface area contributed by atoms with Gasteiger partial charge < -0.3 is 34.3 Å². The van der Waals surface area contributed by atoms with Gasteiger partial charge in [0.15, 0.2) is 23.1 Å². The lowest BCUT2D eigenvalue weighted by molar-refractivity contribution is -0.346. The molecule has 2 bridgehead atoms. The smallest absolute Gasteiger partial charge is 0.338 e. The van der Waals surface area contributed by atoms with Gasteiger partial charge in [0.2, 0.25) is 0 Å². The minimum Gasteiger partial charge on any atom is -0.454 e. The molecule has 11 nitrogen and oxygen atoms in total. The molecule has 3 fully saturated rings. The summed E-state index contributed by atoms with van der Waals surface area (Å²) in [6.45, 7) is 8.48. The van der Waals surface area contributed by atoms with E-state index < -0.39 is 82.2 Å². The Hall–Kier alpha value is -3.12. The highest BCUT2D eigenvalue weighted by Gasteiger charge is 2.78. The van der Waals surface area contributed by atoms with E-state index in [4.69, 9.17) is 18.9 Å². The molecule has 4 aliphatic rings. The minimum absolute atomic E-state index is 0.105. The third kappa shape index (κ3) is 4.00. The maximum absolute atomic E-state index is 14.5. The lowest BCUT2D eigenvalue weighted by Gasteiger charge is -2.67. The molecule has 5 rings (SSSR count). The predicted octanol–water partition coefficient (Wildman–Crippen LogP) is 1.65. The van der Waals surface area contributed by atoms with Crippen molar-refractivity contribution in [3.63, 3.8) is 0 Å². The summed E-state index contributed by atoms with van der Waals surface area (Å²) in [5.74, 6) is -4.46. The summed E-state index contributed by atoms with van der Waals surface area (Å²) in [4.78, 5) is 53.8. The number of carbonyl (C=O) groups is 4. The van der Waals surface area contributed by atoms with Crippen LogP contribution in [0.5, 0.6) is 0 Å². The van der Waals surface area contributed by atoms with E-state index >= 15 is 0 Å². The fourth-order valence-corrected chi connectivity index (χ4v) is 8.12. The molecule has 228 valence electrons. The van der Waals surface area contributed by atoms with E-state index in [-0.39, 0.29) is 30.6 Å². The van der Waals surface area contributed by atoms with Crippen molar-refractivity contribution in [3.8, 4) is 0 Å². The summed E-state index contributed by atoms with van der Waals surface area (Å²) in [5.41, 5.74) is -6.20.